The van der Waals surface area contributed by atoms with Gasteiger partial charge >= 0.3 is 0 Å². The van der Waals surface area contributed by atoms with Crippen molar-refractivity contribution in [1.82, 2.24) is 0 Å². The van der Waals surface area contributed by atoms with E-state index in [4.69, 9.17) is 0 Å². The number of rotatable bonds is 1. The van der Waals surface area contributed by atoms with Crippen LogP contribution in [0.5, 0.6) is 0 Å². The molecule has 2 rings (SSSR count). The smallest absolute Gasteiger partial charge is 0.258 e. The first kappa shape index (κ1) is 8.62. The standard InChI is InChI=1S/C10H6FNO2/c11-9-3-1-7-2-4-10(12(13)14)6-8(7)5-9/h1-6H. The van der Waals surface area contributed by atoms with Gasteiger partial charge in [-0.25, -0.2) is 4.39 Å². The average molecular weight is 191 g/mol. The fourth-order valence-corrected chi connectivity index (χ4v) is 1.32. The van der Waals surface area contributed by atoms with E-state index >= 15 is 0 Å². The zero-order valence-electron chi connectivity index (χ0n) is 7.11. The van der Waals surface area contributed by atoms with Crippen molar-refractivity contribution in [2.24, 2.45) is 0 Å². The third kappa shape index (κ3) is 1.42. The molecule has 0 N–H and O–H groups in total. The molecule has 0 unspecified atom stereocenters. The number of hydrogen-bond donors (Lipinski definition) is 0. The number of non-ortho nitro benzene ring substituents is 1. The summed E-state index contributed by atoms with van der Waals surface area (Å²) < 4.78 is 12.8. The number of nitro groups is 1. The highest BCUT2D eigenvalue weighted by atomic mass is 19.1. The predicted octanol–water partition coefficient (Wildman–Crippen LogP) is 2.89. The van der Waals surface area contributed by atoms with Crippen molar-refractivity contribution in [3.63, 3.8) is 0 Å². The Balaban J connectivity index is 2.69. The second-order valence-corrected chi connectivity index (χ2v) is 2.93. The lowest BCUT2D eigenvalue weighted by molar-refractivity contribution is -0.384. The van der Waals surface area contributed by atoms with Crippen LogP contribution in [0.3, 0.4) is 0 Å². The molecule has 70 valence electrons. The quantitative estimate of drug-likeness (QED) is 0.513. The molecule has 0 saturated heterocycles. The SMILES string of the molecule is O=[N+]([O-])c1ccc2ccc(F)cc2c1. The Hall–Kier alpha value is -1.97. The molecule has 0 saturated carbocycles. The summed E-state index contributed by atoms with van der Waals surface area (Å²) in [4.78, 5) is 9.95. The Morgan fingerprint density at radius 1 is 1.07 bits per heavy atom. The van der Waals surface area contributed by atoms with Gasteiger partial charge in [-0.1, -0.05) is 6.07 Å². The first-order chi connectivity index (χ1) is 6.66. The fraction of sp³-hybridized carbons (Fsp3) is 0. The minimum absolute atomic E-state index is 0.0249. The monoisotopic (exact) mass is 191 g/mol. The molecule has 0 amide bonds. The van der Waals surface area contributed by atoms with Crippen LogP contribution >= 0.6 is 0 Å². The van der Waals surface area contributed by atoms with Crippen LogP contribution < -0.4 is 0 Å². The molecule has 0 aliphatic carbocycles. The van der Waals surface area contributed by atoms with Gasteiger partial charge in [0.15, 0.2) is 0 Å². The van der Waals surface area contributed by atoms with Crippen LogP contribution in [0, 0.1) is 15.9 Å². The summed E-state index contributed by atoms with van der Waals surface area (Å²) in [6.07, 6.45) is 0. The number of fused-ring (bicyclic) bond motifs is 1. The molecule has 0 spiro atoms. The summed E-state index contributed by atoms with van der Waals surface area (Å²) >= 11 is 0. The lowest BCUT2D eigenvalue weighted by Gasteiger charge is -1.97. The van der Waals surface area contributed by atoms with Crippen molar-refractivity contribution < 1.29 is 9.31 Å². The van der Waals surface area contributed by atoms with Crippen LogP contribution in [0.4, 0.5) is 10.1 Å². The summed E-state index contributed by atoms with van der Waals surface area (Å²) in [6.45, 7) is 0. The van der Waals surface area contributed by atoms with Gasteiger partial charge in [-0.2, -0.15) is 0 Å². The highest BCUT2D eigenvalue weighted by Crippen LogP contribution is 2.21. The van der Waals surface area contributed by atoms with Crippen molar-refractivity contribution in [3.8, 4) is 0 Å². The van der Waals surface area contributed by atoms with Crippen molar-refractivity contribution in [2.75, 3.05) is 0 Å². The van der Waals surface area contributed by atoms with Crippen LogP contribution in [0.1, 0.15) is 0 Å². The summed E-state index contributed by atoms with van der Waals surface area (Å²) in [6, 6.07) is 8.57. The van der Waals surface area contributed by atoms with Gasteiger partial charge in [0.2, 0.25) is 0 Å². The second kappa shape index (κ2) is 3.06. The largest absolute Gasteiger partial charge is 0.270 e. The highest BCUT2D eigenvalue weighted by Gasteiger charge is 2.05. The molecule has 2 aromatic rings. The number of benzene rings is 2. The Kier molecular flexibility index (Phi) is 1.89. The molecule has 3 nitrogen and oxygen atoms in total. The van der Waals surface area contributed by atoms with E-state index in [1.54, 1.807) is 12.1 Å². The van der Waals surface area contributed by atoms with Crippen LogP contribution in [0.15, 0.2) is 36.4 Å². The minimum Gasteiger partial charge on any atom is -0.258 e. The predicted molar refractivity (Wildman–Crippen MR) is 50.6 cm³/mol. The highest BCUT2D eigenvalue weighted by molar-refractivity contribution is 5.84. The molecular weight excluding hydrogens is 185 g/mol. The van der Waals surface area contributed by atoms with Gasteiger partial charge in [-0.3, -0.25) is 10.1 Å². The van der Waals surface area contributed by atoms with Gasteiger partial charge in [0.1, 0.15) is 5.82 Å². The van der Waals surface area contributed by atoms with Crippen molar-refractivity contribution in [1.29, 1.82) is 0 Å². The van der Waals surface area contributed by atoms with E-state index in [9.17, 15) is 14.5 Å². The van der Waals surface area contributed by atoms with E-state index in [0.717, 1.165) is 5.39 Å². The topological polar surface area (TPSA) is 43.1 Å². The summed E-state index contributed by atoms with van der Waals surface area (Å²) in [5.74, 6) is -0.391. The maximum Gasteiger partial charge on any atom is 0.270 e. The lowest BCUT2D eigenvalue weighted by atomic mass is 10.1. The van der Waals surface area contributed by atoms with Crippen LogP contribution in [0.2, 0.25) is 0 Å². The Morgan fingerprint density at radius 2 is 1.79 bits per heavy atom. The van der Waals surface area contributed by atoms with Gasteiger partial charge in [0.05, 0.1) is 4.92 Å². The molecular formula is C10H6FNO2. The molecule has 0 radical (unpaired) electrons. The number of halogens is 1. The molecule has 4 heteroatoms. The Labute approximate surface area is 78.9 Å². The van der Waals surface area contributed by atoms with Gasteiger partial charge in [-0.05, 0) is 29.0 Å². The van der Waals surface area contributed by atoms with Gasteiger partial charge in [-0.15, -0.1) is 0 Å². The van der Waals surface area contributed by atoms with E-state index in [1.165, 1.54) is 24.3 Å². The molecule has 0 atom stereocenters. The van der Waals surface area contributed by atoms with Gasteiger partial charge in [0, 0.05) is 12.1 Å². The summed E-state index contributed by atoms with van der Waals surface area (Å²) in [5, 5.41) is 11.8. The second-order valence-electron chi connectivity index (χ2n) is 2.93. The maximum atomic E-state index is 12.8. The number of nitrogens with zero attached hydrogens (tertiary/aromatic N) is 1. The van der Waals surface area contributed by atoms with Crippen LogP contribution in [-0.4, -0.2) is 4.92 Å². The zero-order valence-corrected chi connectivity index (χ0v) is 7.11. The molecule has 0 bridgehead atoms. The first-order valence-electron chi connectivity index (χ1n) is 4.00. The molecule has 0 aliphatic heterocycles. The van der Waals surface area contributed by atoms with Crippen LogP contribution in [-0.2, 0) is 0 Å². The molecule has 0 aliphatic rings. The number of nitro benzene ring substituents is 1. The van der Waals surface area contributed by atoms with Gasteiger partial charge in [0.25, 0.3) is 5.69 Å². The van der Waals surface area contributed by atoms with E-state index in [0.29, 0.717) is 5.39 Å². The van der Waals surface area contributed by atoms with Gasteiger partial charge < -0.3 is 0 Å². The zero-order chi connectivity index (χ0) is 10.1. The molecule has 0 fully saturated rings. The molecule has 14 heavy (non-hydrogen) atoms. The third-order valence-corrected chi connectivity index (χ3v) is 2.00. The summed E-state index contributed by atoms with van der Waals surface area (Å²) in [5.41, 5.74) is -0.0249. The van der Waals surface area contributed by atoms with E-state index in [2.05, 4.69) is 0 Å². The van der Waals surface area contributed by atoms with Crippen molar-refractivity contribution in [2.45, 2.75) is 0 Å². The van der Waals surface area contributed by atoms with E-state index in [1.807, 2.05) is 0 Å². The molecule has 2 aromatic carbocycles. The van der Waals surface area contributed by atoms with Crippen LogP contribution in [0.25, 0.3) is 10.8 Å². The maximum absolute atomic E-state index is 12.8. The number of hydrogen-bond acceptors (Lipinski definition) is 2. The van der Waals surface area contributed by atoms with E-state index < -0.39 is 10.7 Å². The normalized spacial score (nSPS) is 10.4. The average Bonchev–Trinajstić information content (AvgIpc) is 2.16. The van der Waals surface area contributed by atoms with Crippen molar-refractivity contribution >= 4 is 16.5 Å². The lowest BCUT2D eigenvalue weighted by Crippen LogP contribution is -1.87. The minimum atomic E-state index is -0.496. The Morgan fingerprint density at radius 3 is 2.50 bits per heavy atom. The van der Waals surface area contributed by atoms with Crippen molar-refractivity contribution in [3.05, 3.63) is 52.3 Å². The summed E-state index contributed by atoms with van der Waals surface area (Å²) in [7, 11) is 0. The first-order valence-corrected chi connectivity index (χ1v) is 4.00. The fourth-order valence-electron chi connectivity index (χ4n) is 1.32. The molecule has 0 aromatic heterocycles. The van der Waals surface area contributed by atoms with E-state index in [-0.39, 0.29) is 5.69 Å². The Bertz CT molecular complexity index is 510. The third-order valence-electron chi connectivity index (χ3n) is 2.00. The molecule has 0 heterocycles.